The number of fused-ring (bicyclic) bond motifs is 1. The van der Waals surface area contributed by atoms with Crippen molar-refractivity contribution in [3.63, 3.8) is 0 Å². The minimum absolute atomic E-state index is 0.178. The molecule has 0 radical (unpaired) electrons. The quantitative estimate of drug-likeness (QED) is 0.464. The molecule has 0 fully saturated rings. The third-order valence-electron chi connectivity index (χ3n) is 6.53. The fourth-order valence-electron chi connectivity index (χ4n) is 4.39. The summed E-state index contributed by atoms with van der Waals surface area (Å²) >= 11 is 0. The Bertz CT molecular complexity index is 964. The van der Waals surface area contributed by atoms with E-state index in [1.807, 2.05) is 6.08 Å². The summed E-state index contributed by atoms with van der Waals surface area (Å²) < 4.78 is 14.1. The van der Waals surface area contributed by atoms with Crippen molar-refractivity contribution < 1.29 is 14.3 Å². The molecule has 1 N–H and O–H groups in total. The SMILES string of the molecule is CCCCCC(C=Cc1ccc(C(=O)O)c(F)c1)c1ccc2c(c1)N(C)CCC2(C)C. The number of carbonyl (C=O) groups is 1. The monoisotopic (exact) mass is 423 g/mol. The Balaban J connectivity index is 1.91. The van der Waals surface area contributed by atoms with Gasteiger partial charge in [-0.2, -0.15) is 0 Å². The van der Waals surface area contributed by atoms with E-state index in [0.29, 0.717) is 5.56 Å². The van der Waals surface area contributed by atoms with Gasteiger partial charge in [0.15, 0.2) is 0 Å². The van der Waals surface area contributed by atoms with Gasteiger partial charge in [-0.05, 0) is 53.1 Å². The maximum absolute atomic E-state index is 14.1. The maximum atomic E-state index is 14.1. The number of benzene rings is 2. The number of nitrogens with zero attached hydrogens (tertiary/aromatic N) is 1. The van der Waals surface area contributed by atoms with Crippen LogP contribution in [-0.4, -0.2) is 24.7 Å². The molecule has 1 aliphatic heterocycles. The fourth-order valence-corrected chi connectivity index (χ4v) is 4.39. The minimum atomic E-state index is -1.24. The third-order valence-corrected chi connectivity index (χ3v) is 6.53. The van der Waals surface area contributed by atoms with Crippen molar-refractivity contribution >= 4 is 17.7 Å². The number of unbranched alkanes of at least 4 members (excludes halogenated alkanes) is 2. The van der Waals surface area contributed by atoms with Crippen LogP contribution >= 0.6 is 0 Å². The molecule has 1 heterocycles. The van der Waals surface area contributed by atoms with Crippen molar-refractivity contribution in [1.29, 1.82) is 0 Å². The van der Waals surface area contributed by atoms with E-state index in [0.717, 1.165) is 25.8 Å². The lowest BCUT2D eigenvalue weighted by molar-refractivity contribution is 0.0692. The van der Waals surface area contributed by atoms with E-state index in [1.54, 1.807) is 6.07 Å². The van der Waals surface area contributed by atoms with Crippen LogP contribution in [0.3, 0.4) is 0 Å². The molecule has 0 amide bonds. The molecule has 0 aromatic heterocycles. The Morgan fingerprint density at radius 2 is 2.00 bits per heavy atom. The lowest BCUT2D eigenvalue weighted by atomic mass is 9.76. The van der Waals surface area contributed by atoms with Crippen LogP contribution in [0.2, 0.25) is 0 Å². The molecule has 0 bridgehead atoms. The first-order valence-electron chi connectivity index (χ1n) is 11.3. The molecule has 31 heavy (non-hydrogen) atoms. The van der Waals surface area contributed by atoms with E-state index < -0.39 is 11.8 Å². The summed E-state index contributed by atoms with van der Waals surface area (Å²) in [6.45, 7) is 7.88. The van der Waals surface area contributed by atoms with E-state index in [9.17, 15) is 9.18 Å². The Hall–Kier alpha value is -2.62. The van der Waals surface area contributed by atoms with Gasteiger partial charge in [0.05, 0.1) is 5.56 Å². The molecular formula is C27H34FNO2. The second-order valence-corrected chi connectivity index (χ2v) is 9.34. The van der Waals surface area contributed by atoms with Gasteiger partial charge in [0.2, 0.25) is 0 Å². The molecule has 0 saturated carbocycles. The van der Waals surface area contributed by atoms with E-state index in [4.69, 9.17) is 5.11 Å². The Morgan fingerprint density at radius 1 is 1.23 bits per heavy atom. The van der Waals surface area contributed by atoms with Crippen LogP contribution in [0, 0.1) is 5.82 Å². The maximum Gasteiger partial charge on any atom is 0.338 e. The molecule has 166 valence electrons. The number of carboxylic acids is 1. The average molecular weight is 424 g/mol. The second-order valence-electron chi connectivity index (χ2n) is 9.34. The van der Waals surface area contributed by atoms with Gasteiger partial charge in [0.1, 0.15) is 5.82 Å². The Morgan fingerprint density at radius 3 is 2.68 bits per heavy atom. The summed E-state index contributed by atoms with van der Waals surface area (Å²) in [5.74, 6) is -1.71. The van der Waals surface area contributed by atoms with Crippen molar-refractivity contribution in [2.45, 2.75) is 64.2 Å². The van der Waals surface area contributed by atoms with E-state index in [1.165, 1.54) is 41.8 Å². The number of rotatable bonds is 8. The first-order valence-corrected chi connectivity index (χ1v) is 11.3. The summed E-state index contributed by atoms with van der Waals surface area (Å²) in [4.78, 5) is 13.4. The lowest BCUT2D eigenvalue weighted by Crippen LogP contribution is -2.34. The number of anilines is 1. The molecule has 1 atom stereocenters. The highest BCUT2D eigenvalue weighted by Crippen LogP contribution is 2.41. The molecule has 4 heteroatoms. The highest BCUT2D eigenvalue weighted by molar-refractivity contribution is 5.88. The van der Waals surface area contributed by atoms with Crippen molar-refractivity contribution in [1.82, 2.24) is 0 Å². The third kappa shape index (κ3) is 5.36. The standard InChI is InChI=1S/C27H34FNO2/c1-5-6-7-8-20(11-9-19-10-13-22(26(30)31)24(28)17-19)21-12-14-23-25(18-21)29(4)16-15-27(23,2)3/h9-14,17-18,20H,5-8,15-16H2,1-4H3,(H,30,31). The Kier molecular flexibility index (Phi) is 7.19. The highest BCUT2D eigenvalue weighted by atomic mass is 19.1. The molecule has 0 spiro atoms. The van der Waals surface area contributed by atoms with Gasteiger partial charge in [0.25, 0.3) is 0 Å². The van der Waals surface area contributed by atoms with Crippen LogP contribution in [0.5, 0.6) is 0 Å². The molecule has 3 rings (SSSR count). The normalized spacial score (nSPS) is 16.4. The number of aromatic carboxylic acids is 1. The van der Waals surface area contributed by atoms with E-state index in [-0.39, 0.29) is 16.9 Å². The molecule has 1 aliphatic rings. The number of hydrogen-bond donors (Lipinski definition) is 1. The Labute approximate surface area is 185 Å². The van der Waals surface area contributed by atoms with E-state index >= 15 is 0 Å². The zero-order valence-corrected chi connectivity index (χ0v) is 19.1. The van der Waals surface area contributed by atoms with Gasteiger partial charge in [-0.3, -0.25) is 0 Å². The van der Waals surface area contributed by atoms with Crippen LogP contribution in [0.25, 0.3) is 6.08 Å². The predicted molar refractivity (Wildman–Crippen MR) is 127 cm³/mol. The summed E-state index contributed by atoms with van der Waals surface area (Å²) in [7, 11) is 2.16. The zero-order valence-electron chi connectivity index (χ0n) is 19.1. The number of halogens is 1. The molecule has 2 aromatic carbocycles. The minimum Gasteiger partial charge on any atom is -0.478 e. The van der Waals surface area contributed by atoms with Crippen molar-refractivity contribution in [3.05, 3.63) is 70.5 Å². The summed E-state index contributed by atoms with van der Waals surface area (Å²) in [5.41, 5.74) is 4.54. The van der Waals surface area contributed by atoms with Gasteiger partial charge < -0.3 is 10.0 Å². The molecule has 3 nitrogen and oxygen atoms in total. The van der Waals surface area contributed by atoms with Crippen LogP contribution in [-0.2, 0) is 5.41 Å². The van der Waals surface area contributed by atoms with Gasteiger partial charge in [-0.15, -0.1) is 0 Å². The highest BCUT2D eigenvalue weighted by Gasteiger charge is 2.30. The van der Waals surface area contributed by atoms with Crippen LogP contribution < -0.4 is 4.90 Å². The van der Waals surface area contributed by atoms with Gasteiger partial charge in [-0.1, -0.05) is 70.4 Å². The topological polar surface area (TPSA) is 40.5 Å². The van der Waals surface area contributed by atoms with Crippen LogP contribution in [0.4, 0.5) is 10.1 Å². The van der Waals surface area contributed by atoms with Crippen molar-refractivity contribution in [2.24, 2.45) is 0 Å². The van der Waals surface area contributed by atoms with Gasteiger partial charge in [-0.25, -0.2) is 9.18 Å². The first-order chi connectivity index (χ1) is 14.7. The number of carboxylic acid groups (broad SMARTS) is 1. The van der Waals surface area contributed by atoms with E-state index in [2.05, 4.69) is 57.0 Å². The smallest absolute Gasteiger partial charge is 0.338 e. The summed E-state index contributed by atoms with van der Waals surface area (Å²) in [6.07, 6.45) is 9.72. The van der Waals surface area contributed by atoms with Crippen LogP contribution in [0.1, 0.15) is 85.8 Å². The van der Waals surface area contributed by atoms with Crippen molar-refractivity contribution in [3.8, 4) is 0 Å². The zero-order chi connectivity index (χ0) is 22.6. The molecule has 2 aromatic rings. The predicted octanol–water partition coefficient (Wildman–Crippen LogP) is 7.02. The van der Waals surface area contributed by atoms with Crippen LogP contribution in [0.15, 0.2) is 42.5 Å². The lowest BCUT2D eigenvalue weighted by Gasteiger charge is -2.39. The van der Waals surface area contributed by atoms with Gasteiger partial charge >= 0.3 is 5.97 Å². The average Bonchev–Trinajstić information content (AvgIpc) is 2.73. The van der Waals surface area contributed by atoms with Gasteiger partial charge in [0, 0.05) is 25.2 Å². The molecule has 0 saturated heterocycles. The first kappa shape index (κ1) is 23.1. The molecule has 0 aliphatic carbocycles. The summed E-state index contributed by atoms with van der Waals surface area (Å²) in [5, 5.41) is 9.04. The fraction of sp³-hybridized carbons (Fsp3) is 0.444. The largest absolute Gasteiger partial charge is 0.478 e. The molecular weight excluding hydrogens is 389 g/mol. The summed E-state index contributed by atoms with van der Waals surface area (Å²) in [6, 6.07) is 11.1. The molecule has 1 unspecified atom stereocenters. The number of hydrogen-bond acceptors (Lipinski definition) is 2. The van der Waals surface area contributed by atoms with Crippen molar-refractivity contribution in [2.75, 3.05) is 18.5 Å². The number of allylic oxidation sites excluding steroid dienone is 1. The second kappa shape index (κ2) is 9.67.